The van der Waals surface area contributed by atoms with Crippen LogP contribution in [-0.2, 0) is 55.5 Å². The molecule has 1 aliphatic heterocycles. The van der Waals surface area contributed by atoms with Crippen LogP contribution in [-0.4, -0.2) is 129 Å². The molecule has 0 radical (unpaired) electrons. The van der Waals surface area contributed by atoms with Crippen LogP contribution in [0.5, 0.6) is 0 Å². The Morgan fingerprint density at radius 2 is 1.45 bits per heavy atom. The first-order valence-corrected chi connectivity index (χ1v) is 26.7. The summed E-state index contributed by atoms with van der Waals surface area (Å²) in [5, 5.41) is 35.8. The van der Waals surface area contributed by atoms with E-state index in [0.29, 0.717) is 12.8 Å². The molecule has 26 nitrogen and oxygen atoms in total. The maximum atomic E-state index is 12.9. The number of Topliss-reactive ketones (excluding diaryl/α,β-unsaturated/α-hetero) is 1. The van der Waals surface area contributed by atoms with Crippen molar-refractivity contribution in [3.8, 4) is 0 Å². The number of amides is 2. The van der Waals surface area contributed by atoms with Crippen molar-refractivity contribution in [2.45, 2.75) is 143 Å². The third-order valence-corrected chi connectivity index (χ3v) is 14.4. The summed E-state index contributed by atoms with van der Waals surface area (Å²) < 4.78 is 62.5. The van der Waals surface area contributed by atoms with Crippen LogP contribution in [0.1, 0.15) is 118 Å². The summed E-state index contributed by atoms with van der Waals surface area (Å²) in [5.41, 5.74) is 2.95. The number of phosphoric ester groups is 3. The van der Waals surface area contributed by atoms with Crippen molar-refractivity contribution in [3.63, 3.8) is 0 Å². The number of allylic oxidation sites excluding steroid dienone is 2. The number of aliphatic hydroxyl groups is 2. The minimum atomic E-state index is -5.59. The number of aliphatic hydroxyl groups excluding tert-OH is 2. The van der Waals surface area contributed by atoms with Crippen molar-refractivity contribution in [2.75, 3.05) is 32.0 Å². The van der Waals surface area contributed by atoms with Crippen molar-refractivity contribution in [1.29, 1.82) is 0 Å². The Kier molecular flexibility index (Phi) is 22.2. The van der Waals surface area contributed by atoms with Crippen LogP contribution in [0.15, 0.2) is 24.8 Å². The molecule has 2 aromatic heterocycles. The molecule has 0 spiro atoms. The Hall–Kier alpha value is -3.58. The fourth-order valence-electron chi connectivity index (χ4n) is 6.91. The van der Waals surface area contributed by atoms with Gasteiger partial charge in [-0.3, -0.25) is 37.3 Å². The van der Waals surface area contributed by atoms with E-state index in [1.807, 2.05) is 13.8 Å². The Morgan fingerprint density at radius 3 is 2.09 bits per heavy atom. The number of carboxylic acid groups (broad SMARTS) is 1. The number of ether oxygens (including phenoxy) is 1. The smallest absolute Gasteiger partial charge is 0.481 e. The number of phosphoric acid groups is 3. The highest BCUT2D eigenvalue weighted by molar-refractivity contribution is 7.61. The van der Waals surface area contributed by atoms with Gasteiger partial charge in [0.25, 0.3) is 0 Å². The quantitative estimate of drug-likeness (QED) is 0.0284. The summed E-state index contributed by atoms with van der Waals surface area (Å²) in [6.07, 6.45) is 5.08. The number of carbonyl (C=O) groups excluding carboxylic acids is 3. The molecule has 3 rings (SSSR count). The number of carbonyl (C=O) groups is 4. The van der Waals surface area contributed by atoms with Gasteiger partial charge in [-0.2, -0.15) is 4.31 Å². The Bertz CT molecular complexity index is 2240. The number of hydrogen-bond acceptors (Lipinski definition) is 18. The number of nitrogens with two attached hydrogens (primary N) is 1. The van der Waals surface area contributed by atoms with E-state index in [1.165, 1.54) is 13.8 Å². The van der Waals surface area contributed by atoms with Crippen molar-refractivity contribution in [3.05, 3.63) is 24.8 Å². The molecule has 0 saturated carbocycles. The fourth-order valence-corrected chi connectivity index (χ4v) is 9.74. The molecular formula is C40H68N7O19P3. The SMILES string of the molecule is CC(C)(CCCC/C=C\CCCCCC(C)(C)C(=O)CCNC(=O)CCNC(=O)C(O)C(C)(C)COP(=O)(O)OP(=O)(O)OCC1OC(n2cnc3c(N)ncnc32)C(O)C1OP(=O)(O)O)C(=O)O. The highest BCUT2D eigenvalue weighted by atomic mass is 31.3. The molecule has 69 heavy (non-hydrogen) atoms. The second-order valence-electron chi connectivity index (χ2n) is 18.6. The van der Waals surface area contributed by atoms with E-state index in [4.69, 9.17) is 19.5 Å². The molecule has 29 heteroatoms. The number of fused-ring (bicyclic) bond motifs is 1. The van der Waals surface area contributed by atoms with Crippen molar-refractivity contribution < 1.29 is 90.4 Å². The van der Waals surface area contributed by atoms with Gasteiger partial charge in [0.05, 0.1) is 25.0 Å². The van der Waals surface area contributed by atoms with E-state index in [2.05, 4.69) is 46.6 Å². The first-order valence-electron chi connectivity index (χ1n) is 22.2. The highest BCUT2D eigenvalue weighted by Crippen LogP contribution is 2.61. The molecule has 7 unspecified atom stereocenters. The van der Waals surface area contributed by atoms with Gasteiger partial charge < -0.3 is 56.0 Å². The van der Waals surface area contributed by atoms with Crippen LogP contribution in [0.25, 0.3) is 11.2 Å². The summed E-state index contributed by atoms with van der Waals surface area (Å²) in [4.78, 5) is 100. The average Bonchev–Trinajstić information content (AvgIpc) is 3.80. The molecule has 2 aromatic rings. The van der Waals surface area contributed by atoms with E-state index in [9.17, 15) is 67.8 Å². The average molecular weight is 1040 g/mol. The summed E-state index contributed by atoms with van der Waals surface area (Å²) in [6.45, 7) is 7.51. The molecule has 11 N–H and O–H groups in total. The molecule has 1 saturated heterocycles. The first-order chi connectivity index (χ1) is 31.9. The second-order valence-corrected chi connectivity index (χ2v) is 22.9. The number of imidazole rings is 1. The first kappa shape index (κ1) is 59.7. The van der Waals surface area contributed by atoms with Gasteiger partial charge in [0.15, 0.2) is 17.7 Å². The van der Waals surface area contributed by atoms with Crippen molar-refractivity contribution in [2.24, 2.45) is 16.2 Å². The molecule has 1 aliphatic rings. The highest BCUT2D eigenvalue weighted by Gasteiger charge is 2.50. The van der Waals surface area contributed by atoms with E-state index in [0.717, 1.165) is 62.2 Å². The van der Waals surface area contributed by atoms with Gasteiger partial charge in [-0.15, -0.1) is 0 Å². The number of nitrogen functional groups attached to an aromatic ring is 1. The van der Waals surface area contributed by atoms with Gasteiger partial charge in [0.1, 0.15) is 42.0 Å². The zero-order valence-electron chi connectivity index (χ0n) is 39.5. The minimum absolute atomic E-state index is 0.0110. The lowest BCUT2D eigenvalue weighted by molar-refractivity contribution is -0.147. The number of rotatable bonds is 32. The van der Waals surface area contributed by atoms with Crippen molar-refractivity contribution >= 4 is 64.0 Å². The topological polar surface area (TPSA) is 401 Å². The van der Waals surface area contributed by atoms with Crippen LogP contribution in [0.3, 0.4) is 0 Å². The number of nitrogens with one attached hydrogen (secondary N) is 2. The summed E-state index contributed by atoms with van der Waals surface area (Å²) in [6, 6.07) is 0. The molecule has 2 amide bonds. The molecule has 0 aromatic carbocycles. The molecule has 392 valence electrons. The van der Waals surface area contributed by atoms with E-state index >= 15 is 0 Å². The van der Waals surface area contributed by atoms with Crippen LogP contribution in [0.4, 0.5) is 5.82 Å². The van der Waals surface area contributed by atoms with Gasteiger partial charge in [0.2, 0.25) is 11.8 Å². The van der Waals surface area contributed by atoms with Crippen LogP contribution >= 0.6 is 23.5 Å². The third-order valence-electron chi connectivity index (χ3n) is 11.3. The minimum Gasteiger partial charge on any atom is -0.481 e. The Labute approximate surface area is 399 Å². The largest absolute Gasteiger partial charge is 0.481 e. The van der Waals surface area contributed by atoms with Crippen LogP contribution in [0, 0.1) is 16.2 Å². The summed E-state index contributed by atoms with van der Waals surface area (Å²) in [5.74, 6) is -2.31. The lowest BCUT2D eigenvalue weighted by Gasteiger charge is -2.30. The fraction of sp³-hybridized carbons (Fsp3) is 0.725. The zero-order chi connectivity index (χ0) is 52.0. The van der Waals surface area contributed by atoms with E-state index in [-0.39, 0.29) is 48.7 Å². The number of unbranched alkanes of at least 4 members (excludes halogenated alkanes) is 5. The number of hydrogen-bond donors (Lipinski definition) is 10. The molecule has 0 bridgehead atoms. The van der Waals surface area contributed by atoms with Gasteiger partial charge in [-0.25, -0.2) is 28.6 Å². The number of ketones is 1. The molecule has 3 heterocycles. The number of anilines is 1. The van der Waals surface area contributed by atoms with Gasteiger partial charge in [0, 0.05) is 36.8 Å². The van der Waals surface area contributed by atoms with E-state index < -0.39 is 101 Å². The predicted molar refractivity (Wildman–Crippen MR) is 245 cm³/mol. The monoisotopic (exact) mass is 1040 g/mol. The lowest BCUT2D eigenvalue weighted by atomic mass is 9.81. The summed E-state index contributed by atoms with van der Waals surface area (Å²) >= 11 is 0. The second kappa shape index (κ2) is 25.7. The van der Waals surface area contributed by atoms with Crippen LogP contribution < -0.4 is 16.4 Å². The number of carboxylic acids is 1. The summed E-state index contributed by atoms with van der Waals surface area (Å²) in [7, 11) is -16.5. The maximum absolute atomic E-state index is 12.9. The van der Waals surface area contributed by atoms with Gasteiger partial charge in [-0.05, 0) is 52.4 Å². The molecule has 7 atom stereocenters. The van der Waals surface area contributed by atoms with Gasteiger partial charge in [-0.1, -0.05) is 59.1 Å². The molecule has 1 fully saturated rings. The van der Waals surface area contributed by atoms with Crippen LogP contribution in [0.2, 0.25) is 0 Å². The predicted octanol–water partition coefficient (Wildman–Crippen LogP) is 3.57. The van der Waals surface area contributed by atoms with Gasteiger partial charge >= 0.3 is 29.4 Å². The molecular weight excluding hydrogens is 975 g/mol. The normalized spacial score (nSPS) is 20.4. The number of aliphatic carboxylic acids is 1. The molecule has 0 aliphatic carbocycles. The standard InChI is InChI=1S/C40H68N7O19P3/c1-38(2,18-14-12-10-8-7-9-11-13-15-19-39(3,4)37(53)54)27(48)16-20-42-28(49)17-21-43-35(52)32(51)40(5,6)23-63-69(60,61)66-68(58,59)62-22-26-31(65-67(55,56)57)30(50)36(64-26)47-25-46-29-33(41)44-24-45-34(29)47/h7,9,24-26,30-32,36,50-51H,8,10-23H2,1-6H3,(H,42,49)(H,43,52)(H,53,54)(H,58,59)(H,60,61)(H2,41,44,45)(H2,55,56,57)/b9-7-. The Morgan fingerprint density at radius 1 is 0.855 bits per heavy atom. The van der Waals surface area contributed by atoms with Crippen molar-refractivity contribution in [1.82, 2.24) is 30.2 Å². The number of aromatic nitrogens is 4. The lowest BCUT2D eigenvalue weighted by Crippen LogP contribution is -2.46. The number of nitrogens with zero attached hydrogens (tertiary/aromatic N) is 4. The third kappa shape index (κ3) is 19.5. The Balaban J connectivity index is 1.36. The van der Waals surface area contributed by atoms with E-state index in [1.54, 1.807) is 13.8 Å². The maximum Gasteiger partial charge on any atom is 0.481 e. The zero-order valence-corrected chi connectivity index (χ0v) is 42.2.